The Labute approximate surface area is 163 Å². The molecule has 0 unspecified atom stereocenters. The van der Waals surface area contributed by atoms with Gasteiger partial charge in [-0.2, -0.15) is 9.36 Å². The number of benzene rings is 2. The van der Waals surface area contributed by atoms with Crippen LogP contribution in [0, 0.1) is 0 Å². The minimum atomic E-state index is -0.716. The van der Waals surface area contributed by atoms with Gasteiger partial charge in [0.25, 0.3) is 5.91 Å². The first-order valence-corrected chi connectivity index (χ1v) is 9.33. The van der Waals surface area contributed by atoms with Gasteiger partial charge in [0.15, 0.2) is 23.4 Å². The monoisotopic (exact) mass is 433 g/mol. The first-order valence-electron chi connectivity index (χ1n) is 7.77. The number of hydrogen-bond donors (Lipinski definition) is 1. The van der Waals surface area contributed by atoms with Gasteiger partial charge in [0.1, 0.15) is 0 Å². The highest BCUT2D eigenvalue weighted by Gasteiger charge is 2.18. The van der Waals surface area contributed by atoms with Crippen LogP contribution in [0.1, 0.15) is 6.92 Å². The third-order valence-corrected chi connectivity index (χ3v) is 4.66. The summed E-state index contributed by atoms with van der Waals surface area (Å²) >= 11 is 4.51. The highest BCUT2D eigenvalue weighted by molar-refractivity contribution is 9.10. The van der Waals surface area contributed by atoms with Crippen molar-refractivity contribution in [3.63, 3.8) is 0 Å². The van der Waals surface area contributed by atoms with Crippen LogP contribution >= 0.6 is 27.5 Å². The van der Waals surface area contributed by atoms with Crippen LogP contribution in [0.5, 0.6) is 11.5 Å². The van der Waals surface area contributed by atoms with Gasteiger partial charge in [0, 0.05) is 21.6 Å². The number of anilines is 1. The van der Waals surface area contributed by atoms with Crippen LogP contribution in [0.4, 0.5) is 5.13 Å². The lowest BCUT2D eigenvalue weighted by atomic mass is 10.2. The smallest absolute Gasteiger partial charge is 0.266 e. The van der Waals surface area contributed by atoms with Crippen LogP contribution in [0.3, 0.4) is 0 Å². The third kappa shape index (κ3) is 4.39. The molecule has 1 N–H and O–H groups in total. The lowest BCUT2D eigenvalue weighted by molar-refractivity contribution is -0.122. The molecule has 0 aliphatic rings. The zero-order chi connectivity index (χ0) is 18.5. The van der Waals surface area contributed by atoms with E-state index in [0.29, 0.717) is 22.5 Å². The molecule has 0 fully saturated rings. The molecule has 8 heteroatoms. The van der Waals surface area contributed by atoms with Crippen LogP contribution in [0.2, 0.25) is 0 Å². The largest absolute Gasteiger partial charge is 0.493 e. The van der Waals surface area contributed by atoms with Crippen molar-refractivity contribution in [3.05, 3.63) is 53.0 Å². The third-order valence-electron chi connectivity index (χ3n) is 3.50. The molecule has 1 atom stereocenters. The maximum atomic E-state index is 12.4. The molecule has 6 nitrogen and oxygen atoms in total. The average Bonchev–Trinajstić information content (AvgIpc) is 3.11. The number of aromatic nitrogens is 2. The Morgan fingerprint density at radius 1 is 1.15 bits per heavy atom. The quantitative estimate of drug-likeness (QED) is 0.623. The van der Waals surface area contributed by atoms with Crippen molar-refractivity contribution in [2.45, 2.75) is 13.0 Å². The number of ether oxygens (including phenoxy) is 2. The minimum Gasteiger partial charge on any atom is -0.493 e. The van der Waals surface area contributed by atoms with E-state index in [-0.39, 0.29) is 5.91 Å². The van der Waals surface area contributed by atoms with Gasteiger partial charge in [-0.15, -0.1) is 0 Å². The fourth-order valence-electron chi connectivity index (χ4n) is 2.16. The zero-order valence-corrected chi connectivity index (χ0v) is 16.5. The van der Waals surface area contributed by atoms with E-state index in [9.17, 15) is 4.79 Å². The number of carbonyl (C=O) groups excluding carboxylic acids is 1. The predicted octanol–water partition coefficient (Wildman–Crippen LogP) is 4.38. The standard InChI is InChI=1S/C18H16BrN3O3S/c1-11(25-15-6-4-3-5-14(15)24-2)17(23)21-18-20-16(22-26-18)12-7-9-13(19)10-8-12/h3-11H,1-2H3,(H,20,21,22,23)/t11-/m0/s1. The molecule has 0 saturated carbocycles. The summed E-state index contributed by atoms with van der Waals surface area (Å²) in [5.41, 5.74) is 0.878. The zero-order valence-electron chi connectivity index (χ0n) is 14.1. The summed E-state index contributed by atoms with van der Waals surface area (Å²) in [7, 11) is 1.55. The van der Waals surface area contributed by atoms with E-state index in [4.69, 9.17) is 9.47 Å². The topological polar surface area (TPSA) is 73.3 Å². The first-order chi connectivity index (χ1) is 12.6. The van der Waals surface area contributed by atoms with Crippen LogP contribution in [-0.4, -0.2) is 28.5 Å². The van der Waals surface area contributed by atoms with Crippen LogP contribution in [0.25, 0.3) is 11.4 Å². The summed E-state index contributed by atoms with van der Waals surface area (Å²) in [6.45, 7) is 1.67. The molecule has 0 aliphatic heterocycles. The summed E-state index contributed by atoms with van der Waals surface area (Å²) in [6, 6.07) is 14.8. The molecule has 134 valence electrons. The summed E-state index contributed by atoms with van der Waals surface area (Å²) in [5.74, 6) is 1.33. The maximum Gasteiger partial charge on any atom is 0.266 e. The van der Waals surface area contributed by atoms with E-state index in [1.54, 1.807) is 26.2 Å². The second-order valence-corrected chi connectivity index (χ2v) is 7.00. The number of methoxy groups -OCH3 is 1. The van der Waals surface area contributed by atoms with Crippen molar-refractivity contribution < 1.29 is 14.3 Å². The van der Waals surface area contributed by atoms with Crippen molar-refractivity contribution in [2.24, 2.45) is 0 Å². The molecular formula is C18H16BrN3O3S. The van der Waals surface area contributed by atoms with E-state index in [0.717, 1.165) is 21.6 Å². The lowest BCUT2D eigenvalue weighted by Gasteiger charge is -2.15. The van der Waals surface area contributed by atoms with Crippen molar-refractivity contribution in [1.82, 2.24) is 9.36 Å². The Bertz CT molecular complexity index is 899. The van der Waals surface area contributed by atoms with E-state index >= 15 is 0 Å². The van der Waals surface area contributed by atoms with Crippen LogP contribution in [0.15, 0.2) is 53.0 Å². The van der Waals surface area contributed by atoms with E-state index in [1.165, 1.54) is 0 Å². The number of halogens is 1. The molecule has 26 heavy (non-hydrogen) atoms. The van der Waals surface area contributed by atoms with Crippen molar-refractivity contribution in [1.29, 1.82) is 0 Å². The molecule has 0 radical (unpaired) electrons. The van der Waals surface area contributed by atoms with Crippen molar-refractivity contribution in [2.75, 3.05) is 12.4 Å². The molecule has 0 spiro atoms. The number of hydrogen-bond acceptors (Lipinski definition) is 6. The van der Waals surface area contributed by atoms with Crippen LogP contribution < -0.4 is 14.8 Å². The Morgan fingerprint density at radius 3 is 2.54 bits per heavy atom. The normalized spacial score (nSPS) is 11.7. The van der Waals surface area contributed by atoms with Gasteiger partial charge in [0.2, 0.25) is 5.13 Å². The summed E-state index contributed by atoms with van der Waals surface area (Å²) in [5, 5.41) is 3.15. The molecule has 1 aromatic heterocycles. The van der Waals surface area contributed by atoms with E-state index in [2.05, 4.69) is 30.6 Å². The number of para-hydroxylation sites is 2. The first kappa shape index (κ1) is 18.3. The van der Waals surface area contributed by atoms with Gasteiger partial charge in [0.05, 0.1) is 7.11 Å². The molecule has 0 saturated heterocycles. The minimum absolute atomic E-state index is 0.311. The van der Waals surface area contributed by atoms with Gasteiger partial charge in [-0.3, -0.25) is 10.1 Å². The molecule has 0 bridgehead atoms. The Balaban J connectivity index is 1.65. The predicted molar refractivity (Wildman–Crippen MR) is 105 cm³/mol. The number of nitrogens with one attached hydrogen (secondary N) is 1. The SMILES string of the molecule is COc1ccccc1O[C@@H](C)C(=O)Nc1nc(-c2ccc(Br)cc2)ns1. The number of amides is 1. The van der Waals surface area contributed by atoms with Gasteiger partial charge >= 0.3 is 0 Å². The number of rotatable bonds is 6. The molecule has 1 amide bonds. The second kappa shape index (κ2) is 8.29. The molecule has 2 aromatic carbocycles. The second-order valence-electron chi connectivity index (χ2n) is 5.33. The number of carbonyl (C=O) groups is 1. The summed E-state index contributed by atoms with van der Waals surface area (Å²) in [6.07, 6.45) is -0.716. The number of nitrogens with zero attached hydrogens (tertiary/aromatic N) is 2. The molecule has 0 aliphatic carbocycles. The Kier molecular flexibility index (Phi) is 5.85. The Morgan fingerprint density at radius 2 is 1.85 bits per heavy atom. The molecular weight excluding hydrogens is 418 g/mol. The van der Waals surface area contributed by atoms with Gasteiger partial charge in [-0.1, -0.05) is 40.2 Å². The van der Waals surface area contributed by atoms with Crippen molar-refractivity contribution in [3.8, 4) is 22.9 Å². The lowest BCUT2D eigenvalue weighted by Crippen LogP contribution is -2.30. The van der Waals surface area contributed by atoms with E-state index < -0.39 is 6.10 Å². The fourth-order valence-corrected chi connectivity index (χ4v) is 3.01. The van der Waals surface area contributed by atoms with Gasteiger partial charge in [-0.25, -0.2) is 0 Å². The summed E-state index contributed by atoms with van der Waals surface area (Å²) < 4.78 is 16.2. The molecule has 1 heterocycles. The van der Waals surface area contributed by atoms with Gasteiger partial charge in [-0.05, 0) is 31.2 Å². The van der Waals surface area contributed by atoms with E-state index in [1.807, 2.05) is 36.4 Å². The maximum absolute atomic E-state index is 12.4. The van der Waals surface area contributed by atoms with Gasteiger partial charge < -0.3 is 9.47 Å². The highest BCUT2D eigenvalue weighted by Crippen LogP contribution is 2.27. The summed E-state index contributed by atoms with van der Waals surface area (Å²) in [4.78, 5) is 16.7. The van der Waals surface area contributed by atoms with Crippen LogP contribution in [-0.2, 0) is 4.79 Å². The molecule has 3 rings (SSSR count). The van der Waals surface area contributed by atoms with Crippen molar-refractivity contribution >= 4 is 38.5 Å². The Hall–Kier alpha value is -2.45. The average molecular weight is 434 g/mol. The molecule has 3 aromatic rings. The fraction of sp³-hybridized carbons (Fsp3) is 0.167. The highest BCUT2D eigenvalue weighted by atomic mass is 79.9.